The highest BCUT2D eigenvalue weighted by molar-refractivity contribution is 7.17. The molecule has 0 saturated heterocycles. The van der Waals surface area contributed by atoms with Crippen LogP contribution in [0.4, 0.5) is 5.00 Å². The summed E-state index contributed by atoms with van der Waals surface area (Å²) in [5.41, 5.74) is 5.26. The van der Waals surface area contributed by atoms with E-state index in [2.05, 4.69) is 5.32 Å². The van der Waals surface area contributed by atoms with Gasteiger partial charge in [-0.3, -0.25) is 14.9 Å². The summed E-state index contributed by atoms with van der Waals surface area (Å²) in [5, 5.41) is 13.0. The van der Waals surface area contributed by atoms with Crippen LogP contribution < -0.4 is 11.1 Å². The minimum atomic E-state index is -0.513. The summed E-state index contributed by atoms with van der Waals surface area (Å²) < 4.78 is 0. The summed E-state index contributed by atoms with van der Waals surface area (Å²) in [4.78, 5) is 21.6. The lowest BCUT2D eigenvalue weighted by molar-refractivity contribution is -0.380. The number of carbonyl (C=O) groups is 1. The molecule has 0 aliphatic carbocycles. The van der Waals surface area contributed by atoms with Crippen LogP contribution in [0.15, 0.2) is 12.1 Å². The van der Waals surface area contributed by atoms with Gasteiger partial charge in [0, 0.05) is 12.6 Å². The Labute approximate surface area is 102 Å². The fourth-order valence-electron chi connectivity index (χ4n) is 0.939. The average Bonchev–Trinajstić information content (AvgIpc) is 2.66. The van der Waals surface area contributed by atoms with Crippen LogP contribution in [0.2, 0.25) is 0 Å². The standard InChI is InChI=1S/C8H11N3O3S.ClH/c9-4-1-5-10-8(12)6-2-3-7(15-6)11(13)14;/h2-3H,1,4-5,9H2,(H,10,12);1H. The summed E-state index contributed by atoms with van der Waals surface area (Å²) in [5.74, 6) is -0.290. The van der Waals surface area contributed by atoms with E-state index in [0.717, 1.165) is 11.3 Å². The molecule has 1 amide bonds. The highest BCUT2D eigenvalue weighted by atomic mass is 35.5. The van der Waals surface area contributed by atoms with Gasteiger partial charge in [-0.05, 0) is 19.0 Å². The number of thiophene rings is 1. The molecule has 1 aromatic heterocycles. The van der Waals surface area contributed by atoms with Crippen LogP contribution in [-0.4, -0.2) is 23.9 Å². The number of nitrogens with two attached hydrogens (primary N) is 1. The Morgan fingerprint density at radius 3 is 2.75 bits per heavy atom. The van der Waals surface area contributed by atoms with Crippen molar-refractivity contribution in [2.24, 2.45) is 5.73 Å². The van der Waals surface area contributed by atoms with Gasteiger partial charge >= 0.3 is 5.00 Å². The van der Waals surface area contributed by atoms with E-state index in [-0.39, 0.29) is 23.3 Å². The van der Waals surface area contributed by atoms with Crippen LogP contribution in [0.1, 0.15) is 16.1 Å². The van der Waals surface area contributed by atoms with Gasteiger partial charge in [0.25, 0.3) is 5.91 Å². The predicted molar refractivity (Wildman–Crippen MR) is 64.2 cm³/mol. The molecular weight excluding hydrogens is 254 g/mol. The second-order valence-corrected chi connectivity index (χ2v) is 3.86. The second-order valence-electron chi connectivity index (χ2n) is 2.79. The lowest BCUT2D eigenvalue weighted by Gasteiger charge is -2.00. The van der Waals surface area contributed by atoms with Gasteiger partial charge in [0.05, 0.1) is 9.80 Å². The Balaban J connectivity index is 0.00000225. The molecule has 1 aromatic rings. The van der Waals surface area contributed by atoms with Crippen LogP contribution in [0.3, 0.4) is 0 Å². The van der Waals surface area contributed by atoms with Gasteiger partial charge < -0.3 is 11.1 Å². The smallest absolute Gasteiger partial charge is 0.324 e. The Morgan fingerprint density at radius 2 is 2.25 bits per heavy atom. The number of nitro groups is 1. The maximum atomic E-state index is 11.4. The Bertz CT molecular complexity index is 369. The molecule has 0 unspecified atom stereocenters. The topological polar surface area (TPSA) is 98.3 Å². The molecule has 0 radical (unpaired) electrons. The van der Waals surface area contributed by atoms with E-state index in [1.807, 2.05) is 0 Å². The van der Waals surface area contributed by atoms with Crippen molar-refractivity contribution < 1.29 is 9.72 Å². The highest BCUT2D eigenvalue weighted by Crippen LogP contribution is 2.23. The molecule has 3 N–H and O–H groups in total. The van der Waals surface area contributed by atoms with Gasteiger partial charge in [-0.15, -0.1) is 12.4 Å². The summed E-state index contributed by atoms with van der Waals surface area (Å²) in [6.45, 7) is 0.992. The summed E-state index contributed by atoms with van der Waals surface area (Å²) in [7, 11) is 0. The first kappa shape index (κ1) is 14.8. The van der Waals surface area contributed by atoms with E-state index in [1.54, 1.807) is 0 Å². The molecule has 8 heteroatoms. The summed E-state index contributed by atoms with van der Waals surface area (Å²) >= 11 is 0.865. The summed E-state index contributed by atoms with van der Waals surface area (Å²) in [6.07, 6.45) is 0.694. The maximum Gasteiger partial charge on any atom is 0.324 e. The molecule has 90 valence electrons. The fourth-order valence-corrected chi connectivity index (χ4v) is 1.68. The molecular formula is C8H12ClN3O3S. The summed E-state index contributed by atoms with van der Waals surface area (Å²) in [6, 6.07) is 2.77. The van der Waals surface area contributed by atoms with E-state index in [0.29, 0.717) is 24.4 Å². The molecule has 0 aliphatic rings. The average molecular weight is 266 g/mol. The van der Waals surface area contributed by atoms with Gasteiger partial charge in [0.15, 0.2) is 0 Å². The maximum absolute atomic E-state index is 11.4. The molecule has 0 bridgehead atoms. The monoisotopic (exact) mass is 265 g/mol. The number of nitrogens with one attached hydrogen (secondary N) is 1. The third-order valence-electron chi connectivity index (χ3n) is 1.66. The molecule has 6 nitrogen and oxygen atoms in total. The third-order valence-corrected chi connectivity index (χ3v) is 2.70. The molecule has 0 saturated carbocycles. The number of halogens is 1. The van der Waals surface area contributed by atoms with Gasteiger partial charge in [0.1, 0.15) is 0 Å². The van der Waals surface area contributed by atoms with Crippen molar-refractivity contribution in [3.63, 3.8) is 0 Å². The lowest BCUT2D eigenvalue weighted by atomic mass is 10.4. The number of carbonyl (C=O) groups excluding carboxylic acids is 1. The van der Waals surface area contributed by atoms with E-state index in [4.69, 9.17) is 5.73 Å². The van der Waals surface area contributed by atoms with Crippen molar-refractivity contribution in [1.29, 1.82) is 0 Å². The number of rotatable bonds is 5. The Morgan fingerprint density at radius 1 is 1.56 bits per heavy atom. The van der Waals surface area contributed by atoms with Crippen LogP contribution >= 0.6 is 23.7 Å². The number of hydrogen-bond donors (Lipinski definition) is 2. The molecule has 16 heavy (non-hydrogen) atoms. The second kappa shape index (κ2) is 7.15. The van der Waals surface area contributed by atoms with Gasteiger partial charge in [-0.1, -0.05) is 11.3 Å². The normalized spacial score (nSPS) is 9.31. The quantitative estimate of drug-likeness (QED) is 0.474. The lowest BCUT2D eigenvalue weighted by Crippen LogP contribution is -2.25. The van der Waals surface area contributed by atoms with Crippen molar-refractivity contribution >= 4 is 34.7 Å². The Kier molecular flexibility index (Phi) is 6.63. The number of amides is 1. The zero-order valence-electron chi connectivity index (χ0n) is 8.34. The first-order chi connectivity index (χ1) is 7.15. The minimum Gasteiger partial charge on any atom is -0.351 e. The van der Waals surface area contributed by atoms with E-state index >= 15 is 0 Å². The zero-order valence-corrected chi connectivity index (χ0v) is 9.97. The van der Waals surface area contributed by atoms with E-state index in [1.165, 1.54) is 12.1 Å². The fraction of sp³-hybridized carbons (Fsp3) is 0.375. The SMILES string of the molecule is Cl.NCCCNC(=O)c1ccc([N+](=O)[O-])s1. The van der Waals surface area contributed by atoms with E-state index in [9.17, 15) is 14.9 Å². The van der Waals surface area contributed by atoms with Crippen molar-refractivity contribution in [3.8, 4) is 0 Å². The number of hydrogen-bond acceptors (Lipinski definition) is 5. The van der Waals surface area contributed by atoms with Crippen LogP contribution in [-0.2, 0) is 0 Å². The van der Waals surface area contributed by atoms with Gasteiger partial charge in [0.2, 0.25) is 0 Å². The largest absolute Gasteiger partial charge is 0.351 e. The van der Waals surface area contributed by atoms with Crippen LogP contribution in [0.5, 0.6) is 0 Å². The highest BCUT2D eigenvalue weighted by Gasteiger charge is 2.14. The number of nitrogens with zero attached hydrogens (tertiary/aromatic N) is 1. The Hall–Kier alpha value is -1.18. The van der Waals surface area contributed by atoms with Crippen molar-refractivity contribution in [2.45, 2.75) is 6.42 Å². The molecule has 0 fully saturated rings. The molecule has 1 heterocycles. The zero-order chi connectivity index (χ0) is 11.3. The third kappa shape index (κ3) is 4.13. The predicted octanol–water partition coefficient (Wildman–Crippen LogP) is 1.16. The molecule has 1 rings (SSSR count). The van der Waals surface area contributed by atoms with Gasteiger partial charge in [-0.2, -0.15) is 0 Å². The van der Waals surface area contributed by atoms with Crippen LogP contribution in [0.25, 0.3) is 0 Å². The molecule has 0 spiro atoms. The first-order valence-electron chi connectivity index (χ1n) is 4.37. The molecule has 0 atom stereocenters. The molecule has 0 aromatic carbocycles. The van der Waals surface area contributed by atoms with Crippen LogP contribution in [0, 0.1) is 10.1 Å². The van der Waals surface area contributed by atoms with Crippen molar-refractivity contribution in [1.82, 2.24) is 5.32 Å². The molecule has 0 aliphatic heterocycles. The minimum absolute atomic E-state index is 0. The van der Waals surface area contributed by atoms with Crippen molar-refractivity contribution in [3.05, 3.63) is 27.1 Å². The van der Waals surface area contributed by atoms with E-state index < -0.39 is 4.92 Å². The van der Waals surface area contributed by atoms with Crippen molar-refractivity contribution in [2.75, 3.05) is 13.1 Å². The first-order valence-corrected chi connectivity index (χ1v) is 5.19. The van der Waals surface area contributed by atoms with Gasteiger partial charge in [-0.25, -0.2) is 0 Å².